The summed E-state index contributed by atoms with van der Waals surface area (Å²) in [7, 11) is 0. The Labute approximate surface area is 198 Å². The van der Waals surface area contributed by atoms with Crippen LogP contribution in [0.5, 0.6) is 5.75 Å². The van der Waals surface area contributed by atoms with Crippen molar-refractivity contribution in [3.8, 4) is 5.75 Å². The van der Waals surface area contributed by atoms with Crippen LogP contribution < -0.4 is 10.1 Å². The third-order valence-electron chi connectivity index (χ3n) is 6.37. The zero-order chi connectivity index (χ0) is 24.6. The molecule has 178 valence electrons. The fourth-order valence-electron chi connectivity index (χ4n) is 4.50. The van der Waals surface area contributed by atoms with Crippen molar-refractivity contribution >= 4 is 17.7 Å². The van der Waals surface area contributed by atoms with Gasteiger partial charge in [0.1, 0.15) is 24.2 Å². The Hall–Kier alpha value is -3.30. The Morgan fingerprint density at radius 2 is 2.00 bits per heavy atom. The SMILES string of the molecule is [2H][C@@]1(N2Cc3c(OCc4ccc(CN5CCOCC5)cc4F)cccc3C2=O)CCC(=O)NC1=O. The van der Waals surface area contributed by atoms with Crippen LogP contribution in [0.4, 0.5) is 4.39 Å². The second-order valence-electron chi connectivity index (χ2n) is 8.60. The summed E-state index contributed by atoms with van der Waals surface area (Å²) in [6.45, 7) is 3.61. The molecule has 0 radical (unpaired) electrons. The van der Waals surface area contributed by atoms with Crippen molar-refractivity contribution in [2.75, 3.05) is 26.3 Å². The number of rotatable bonds is 6. The zero-order valence-electron chi connectivity index (χ0n) is 19.6. The van der Waals surface area contributed by atoms with Crippen LogP contribution in [0.25, 0.3) is 0 Å². The lowest BCUT2D eigenvalue weighted by Gasteiger charge is -2.29. The Morgan fingerprint density at radius 3 is 2.76 bits per heavy atom. The summed E-state index contributed by atoms with van der Waals surface area (Å²) in [5.74, 6) is -1.70. The number of carbonyl (C=O) groups is 3. The first-order valence-electron chi connectivity index (χ1n) is 11.8. The lowest BCUT2D eigenvalue weighted by Crippen LogP contribution is -2.52. The van der Waals surface area contributed by atoms with Gasteiger partial charge in [0.05, 0.1) is 21.1 Å². The molecule has 1 N–H and O–H groups in total. The van der Waals surface area contributed by atoms with Gasteiger partial charge in [-0.2, -0.15) is 0 Å². The van der Waals surface area contributed by atoms with E-state index in [1.54, 1.807) is 24.3 Å². The number of ether oxygens (including phenoxy) is 2. The molecule has 3 amide bonds. The molecule has 0 unspecified atom stereocenters. The standard InChI is InChI=1S/C25H26FN3O5/c26-20-12-16(13-28-8-10-33-11-9-28)4-5-17(20)15-34-22-3-1-2-18-19(22)14-29(25(18)32)21-6-7-23(30)27-24(21)31/h1-5,12,21H,6-11,13-15H2,(H,27,30,31)/t21-/m1/s1/i21D. The molecule has 0 bridgehead atoms. The van der Waals surface area contributed by atoms with Crippen LogP contribution in [0, 0.1) is 5.82 Å². The maximum absolute atomic E-state index is 14.8. The van der Waals surface area contributed by atoms with Gasteiger partial charge in [0.25, 0.3) is 5.91 Å². The average molecular weight is 469 g/mol. The number of morpholine rings is 1. The van der Waals surface area contributed by atoms with Gasteiger partial charge < -0.3 is 14.4 Å². The number of imide groups is 1. The molecular formula is C25H26FN3O5. The fourth-order valence-corrected chi connectivity index (χ4v) is 4.50. The summed E-state index contributed by atoms with van der Waals surface area (Å²) in [4.78, 5) is 40.3. The summed E-state index contributed by atoms with van der Waals surface area (Å²) >= 11 is 0. The number of nitrogens with one attached hydrogen (secondary N) is 1. The molecule has 0 saturated carbocycles. The normalized spacial score (nSPS) is 23.5. The first kappa shape index (κ1) is 21.2. The quantitative estimate of drug-likeness (QED) is 0.653. The Kier molecular flexibility index (Phi) is 5.95. The second-order valence-corrected chi connectivity index (χ2v) is 8.60. The second kappa shape index (κ2) is 9.52. The van der Waals surface area contributed by atoms with Gasteiger partial charge in [-0.1, -0.05) is 18.2 Å². The highest BCUT2D eigenvalue weighted by molar-refractivity contribution is 6.05. The third-order valence-corrected chi connectivity index (χ3v) is 6.37. The lowest BCUT2D eigenvalue weighted by atomic mass is 10.0. The van der Waals surface area contributed by atoms with Crippen LogP contribution in [0.1, 0.15) is 41.3 Å². The van der Waals surface area contributed by atoms with E-state index >= 15 is 0 Å². The highest BCUT2D eigenvalue weighted by Gasteiger charge is 2.40. The van der Waals surface area contributed by atoms with Gasteiger partial charge in [0.2, 0.25) is 11.8 Å². The van der Waals surface area contributed by atoms with E-state index < -0.39 is 23.7 Å². The van der Waals surface area contributed by atoms with Crippen LogP contribution in [-0.2, 0) is 34.0 Å². The minimum atomic E-state index is -1.87. The summed E-state index contributed by atoms with van der Waals surface area (Å²) < 4.78 is 34.7. The number of amides is 3. The van der Waals surface area contributed by atoms with Crippen LogP contribution in [0.2, 0.25) is 0 Å². The molecule has 2 saturated heterocycles. The molecule has 0 aliphatic carbocycles. The first-order valence-corrected chi connectivity index (χ1v) is 11.3. The summed E-state index contributed by atoms with van der Waals surface area (Å²) in [6.07, 6.45) is -0.0882. The lowest BCUT2D eigenvalue weighted by molar-refractivity contribution is -0.136. The van der Waals surface area contributed by atoms with Gasteiger partial charge in [-0.25, -0.2) is 4.39 Å². The van der Waals surface area contributed by atoms with Crippen molar-refractivity contribution in [3.63, 3.8) is 0 Å². The van der Waals surface area contributed by atoms with Crippen molar-refractivity contribution in [2.45, 2.75) is 38.6 Å². The highest BCUT2D eigenvalue weighted by atomic mass is 19.1. The number of benzene rings is 2. The molecule has 3 aliphatic heterocycles. The molecule has 2 aromatic carbocycles. The molecular weight excluding hydrogens is 441 g/mol. The van der Waals surface area contributed by atoms with E-state index in [1.807, 2.05) is 6.07 Å². The van der Waals surface area contributed by atoms with Crippen molar-refractivity contribution in [2.24, 2.45) is 0 Å². The van der Waals surface area contributed by atoms with Crippen molar-refractivity contribution in [1.82, 2.24) is 15.1 Å². The van der Waals surface area contributed by atoms with Gasteiger partial charge >= 0.3 is 0 Å². The van der Waals surface area contributed by atoms with Gasteiger partial charge in [0, 0.05) is 42.7 Å². The minimum Gasteiger partial charge on any atom is -0.488 e. The predicted octanol–water partition coefficient (Wildman–Crippen LogP) is 2.00. The summed E-state index contributed by atoms with van der Waals surface area (Å²) in [6, 6.07) is 8.17. The molecule has 1 atom stereocenters. The van der Waals surface area contributed by atoms with E-state index in [-0.39, 0.29) is 31.8 Å². The molecule has 0 spiro atoms. The summed E-state index contributed by atoms with van der Waals surface area (Å²) in [5, 5.41) is 2.15. The Morgan fingerprint density at radius 1 is 1.18 bits per heavy atom. The molecule has 2 fully saturated rings. The minimum absolute atomic E-state index is 0.00355. The molecule has 0 aromatic heterocycles. The fraction of sp³-hybridized carbons (Fsp3) is 0.400. The average Bonchev–Trinajstić information content (AvgIpc) is 3.20. The van der Waals surface area contributed by atoms with Crippen LogP contribution in [0.15, 0.2) is 36.4 Å². The van der Waals surface area contributed by atoms with Crippen molar-refractivity contribution in [3.05, 3.63) is 64.5 Å². The monoisotopic (exact) mass is 468 g/mol. The number of halogens is 1. The molecule has 5 rings (SSSR count). The van der Waals surface area contributed by atoms with Crippen molar-refractivity contribution < 1.29 is 29.6 Å². The zero-order valence-corrected chi connectivity index (χ0v) is 18.6. The third kappa shape index (κ3) is 4.53. The van der Waals surface area contributed by atoms with Crippen LogP contribution in [-0.4, -0.2) is 59.8 Å². The number of carbonyl (C=O) groups excluding carboxylic acids is 3. The number of fused-ring (bicyclic) bond motifs is 1. The topological polar surface area (TPSA) is 88.2 Å². The van der Waals surface area contributed by atoms with Crippen LogP contribution in [0.3, 0.4) is 0 Å². The Balaban J connectivity index is 1.28. The maximum atomic E-state index is 14.8. The smallest absolute Gasteiger partial charge is 0.255 e. The highest BCUT2D eigenvalue weighted by Crippen LogP contribution is 2.34. The van der Waals surface area contributed by atoms with E-state index in [9.17, 15) is 18.8 Å². The predicted molar refractivity (Wildman–Crippen MR) is 119 cm³/mol. The van der Waals surface area contributed by atoms with Gasteiger partial charge in [0.15, 0.2) is 0 Å². The van der Waals surface area contributed by atoms with Gasteiger partial charge in [-0.3, -0.25) is 24.6 Å². The van der Waals surface area contributed by atoms with E-state index in [1.165, 1.54) is 6.07 Å². The largest absolute Gasteiger partial charge is 0.488 e. The molecule has 9 heteroatoms. The molecule has 34 heavy (non-hydrogen) atoms. The number of hydrogen-bond acceptors (Lipinski definition) is 6. The Bertz CT molecular complexity index is 1190. The van der Waals surface area contributed by atoms with E-state index in [2.05, 4.69) is 10.2 Å². The van der Waals surface area contributed by atoms with E-state index in [0.717, 1.165) is 23.6 Å². The van der Waals surface area contributed by atoms with Gasteiger partial charge in [-0.05, 0) is 30.2 Å². The number of hydrogen-bond donors (Lipinski definition) is 1. The molecule has 3 aliphatic rings. The maximum Gasteiger partial charge on any atom is 0.255 e. The van der Waals surface area contributed by atoms with E-state index in [0.29, 0.717) is 42.2 Å². The van der Waals surface area contributed by atoms with Gasteiger partial charge in [-0.15, -0.1) is 0 Å². The molecule has 2 aromatic rings. The molecule has 3 heterocycles. The summed E-state index contributed by atoms with van der Waals surface area (Å²) in [5.41, 5.74) is 2.13. The van der Waals surface area contributed by atoms with Crippen LogP contribution >= 0.6 is 0 Å². The van der Waals surface area contributed by atoms with E-state index in [4.69, 9.17) is 10.8 Å². The number of piperidine rings is 1. The van der Waals surface area contributed by atoms with Crippen molar-refractivity contribution in [1.29, 1.82) is 0 Å². The number of nitrogens with zero attached hydrogens (tertiary/aromatic N) is 2. The molecule has 8 nitrogen and oxygen atoms in total. The first-order chi connectivity index (χ1) is 16.8.